The summed E-state index contributed by atoms with van der Waals surface area (Å²) in [5.41, 5.74) is 5.83. The van der Waals surface area contributed by atoms with E-state index in [1.807, 2.05) is 37.3 Å². The molecule has 7 nitrogen and oxygen atoms in total. The van der Waals surface area contributed by atoms with Crippen molar-refractivity contribution in [3.05, 3.63) is 29.1 Å². The molecule has 0 amide bonds. The first-order chi connectivity index (χ1) is 9.11. The molecule has 0 aliphatic carbocycles. The number of aryl methyl sites for hydroxylation is 3. The number of nitrogens with zero attached hydrogens (tertiary/aromatic N) is 3. The Morgan fingerprint density at radius 2 is 2.32 bits per heavy atom. The first-order valence-corrected chi connectivity index (χ1v) is 6.45. The molecule has 7 heteroatoms. The van der Waals surface area contributed by atoms with Gasteiger partial charge in [-0.15, -0.1) is 0 Å². The number of nitrogen functional groups attached to an aromatic ring is 1. The third-order valence-corrected chi connectivity index (χ3v) is 3.03. The summed E-state index contributed by atoms with van der Waals surface area (Å²) in [5, 5.41) is 6.12. The van der Waals surface area contributed by atoms with Gasteiger partial charge in [0.25, 0.3) is 5.56 Å². The lowest BCUT2D eigenvalue weighted by molar-refractivity contribution is -0.671. The summed E-state index contributed by atoms with van der Waals surface area (Å²) in [6, 6.07) is 0. The molecule has 19 heavy (non-hydrogen) atoms. The van der Waals surface area contributed by atoms with E-state index in [1.54, 1.807) is 0 Å². The lowest BCUT2D eigenvalue weighted by atomic mass is 10.4. The Balaban J connectivity index is 1.84. The predicted molar refractivity (Wildman–Crippen MR) is 73.9 cm³/mol. The zero-order chi connectivity index (χ0) is 13.8. The maximum Gasteiger partial charge on any atom is 0.291 e. The lowest BCUT2D eigenvalue weighted by Gasteiger charge is -2.03. The highest BCUT2D eigenvalue weighted by Gasteiger charge is 2.09. The van der Waals surface area contributed by atoms with E-state index in [1.165, 1.54) is 4.68 Å². The van der Waals surface area contributed by atoms with Crippen molar-refractivity contribution in [1.82, 2.24) is 14.3 Å². The first-order valence-electron chi connectivity index (χ1n) is 6.45. The quantitative estimate of drug-likeness (QED) is 0.504. The fraction of sp³-hybridized carbons (Fsp3) is 0.500. The molecule has 104 valence electrons. The Morgan fingerprint density at radius 3 is 2.89 bits per heavy atom. The van der Waals surface area contributed by atoms with E-state index < -0.39 is 0 Å². The average molecular weight is 265 g/mol. The van der Waals surface area contributed by atoms with Crippen LogP contribution in [-0.4, -0.2) is 20.9 Å². The van der Waals surface area contributed by atoms with Crippen molar-refractivity contribution in [3.63, 3.8) is 0 Å². The van der Waals surface area contributed by atoms with Crippen molar-refractivity contribution in [2.24, 2.45) is 7.05 Å². The number of anilines is 2. The van der Waals surface area contributed by atoms with Crippen LogP contribution in [0, 0.1) is 0 Å². The van der Waals surface area contributed by atoms with Crippen LogP contribution in [0.5, 0.6) is 0 Å². The van der Waals surface area contributed by atoms with Crippen LogP contribution in [0.2, 0.25) is 0 Å². The summed E-state index contributed by atoms with van der Waals surface area (Å²) < 4.78 is 5.61. The molecule has 0 saturated carbocycles. The molecule has 2 aromatic rings. The van der Waals surface area contributed by atoms with Crippen LogP contribution in [-0.2, 0) is 20.1 Å². The highest BCUT2D eigenvalue weighted by atomic mass is 16.1. The number of nitrogens with one attached hydrogen (secondary N) is 2. The van der Waals surface area contributed by atoms with Gasteiger partial charge in [-0.3, -0.25) is 9.89 Å². The molecule has 2 aromatic heterocycles. The van der Waals surface area contributed by atoms with Crippen LogP contribution < -0.4 is 21.2 Å². The van der Waals surface area contributed by atoms with Gasteiger partial charge in [0, 0.05) is 19.5 Å². The fourth-order valence-corrected chi connectivity index (χ4v) is 1.96. The summed E-state index contributed by atoms with van der Waals surface area (Å²) in [5.74, 6) is 0.616. The van der Waals surface area contributed by atoms with Gasteiger partial charge in [-0.1, -0.05) is 0 Å². The van der Waals surface area contributed by atoms with E-state index in [-0.39, 0.29) is 11.2 Å². The molecule has 0 unspecified atom stereocenters. The number of aromatic amines is 1. The SMILES string of the molecule is CCn1[nH]c(NCCCn2cc[n+](C)c2)c(N)c1=O. The summed E-state index contributed by atoms with van der Waals surface area (Å²) in [7, 11) is 1.99. The Morgan fingerprint density at radius 1 is 1.53 bits per heavy atom. The van der Waals surface area contributed by atoms with Crippen LogP contribution in [0.4, 0.5) is 11.5 Å². The standard InChI is InChI=1S/C12H20N6O/c1-3-18-12(19)10(13)11(15-18)14-5-4-6-17-8-7-16(2)9-17/h7-9H,3-6,13H2,1-2H3,(H-,14,15,19)/p+1. The van der Waals surface area contributed by atoms with Gasteiger partial charge in [-0.25, -0.2) is 13.8 Å². The smallest absolute Gasteiger partial charge is 0.291 e. The summed E-state index contributed by atoms with van der Waals surface area (Å²) in [6.07, 6.45) is 7.02. The molecule has 0 spiro atoms. The van der Waals surface area contributed by atoms with Gasteiger partial charge in [0.15, 0.2) is 0 Å². The van der Waals surface area contributed by atoms with E-state index in [9.17, 15) is 4.79 Å². The lowest BCUT2D eigenvalue weighted by Crippen LogP contribution is -2.23. The summed E-state index contributed by atoms with van der Waals surface area (Å²) >= 11 is 0. The number of aromatic nitrogens is 4. The number of nitrogens with two attached hydrogens (primary N) is 1. The van der Waals surface area contributed by atoms with Gasteiger partial charge < -0.3 is 11.1 Å². The van der Waals surface area contributed by atoms with Crippen LogP contribution >= 0.6 is 0 Å². The average Bonchev–Trinajstić information content (AvgIpc) is 2.92. The summed E-state index contributed by atoms with van der Waals surface area (Å²) in [4.78, 5) is 11.6. The third-order valence-electron chi connectivity index (χ3n) is 3.03. The zero-order valence-electron chi connectivity index (χ0n) is 11.4. The second-order valence-corrected chi connectivity index (χ2v) is 4.55. The van der Waals surface area contributed by atoms with E-state index in [4.69, 9.17) is 5.73 Å². The molecule has 0 bridgehead atoms. The molecule has 2 heterocycles. The number of hydrogen-bond donors (Lipinski definition) is 3. The fourth-order valence-electron chi connectivity index (χ4n) is 1.96. The van der Waals surface area contributed by atoms with Crippen molar-refractivity contribution in [3.8, 4) is 0 Å². The Bertz CT molecular complexity index is 594. The molecular weight excluding hydrogens is 244 g/mol. The van der Waals surface area contributed by atoms with Crippen molar-refractivity contribution in [2.75, 3.05) is 17.6 Å². The first kappa shape index (κ1) is 13.3. The van der Waals surface area contributed by atoms with E-state index >= 15 is 0 Å². The van der Waals surface area contributed by atoms with Crippen LogP contribution in [0.15, 0.2) is 23.5 Å². The molecule has 0 aliphatic heterocycles. The minimum Gasteiger partial charge on any atom is -0.391 e. The van der Waals surface area contributed by atoms with E-state index in [0.717, 1.165) is 19.5 Å². The molecule has 2 rings (SSSR count). The van der Waals surface area contributed by atoms with Gasteiger partial charge in [0.05, 0.1) is 13.6 Å². The molecule has 0 aromatic carbocycles. The molecule has 4 N–H and O–H groups in total. The van der Waals surface area contributed by atoms with Gasteiger partial charge in [0.1, 0.15) is 23.9 Å². The highest BCUT2D eigenvalue weighted by Crippen LogP contribution is 2.09. The molecule has 0 aliphatic rings. The molecule has 0 fully saturated rings. The number of hydrogen-bond acceptors (Lipinski definition) is 3. The second kappa shape index (κ2) is 5.64. The Labute approximate surface area is 111 Å². The van der Waals surface area contributed by atoms with Crippen molar-refractivity contribution in [2.45, 2.75) is 26.4 Å². The minimum absolute atomic E-state index is 0.164. The molecule has 0 saturated heterocycles. The Hall–Kier alpha value is -2.18. The monoisotopic (exact) mass is 265 g/mol. The predicted octanol–water partition coefficient (Wildman–Crippen LogP) is -0.0933. The maximum atomic E-state index is 11.6. The molecule has 0 atom stereocenters. The second-order valence-electron chi connectivity index (χ2n) is 4.55. The molecule has 0 radical (unpaired) electrons. The van der Waals surface area contributed by atoms with Crippen molar-refractivity contribution >= 4 is 11.5 Å². The van der Waals surface area contributed by atoms with E-state index in [2.05, 4.69) is 15.0 Å². The number of imidazole rings is 1. The third kappa shape index (κ3) is 2.98. The summed E-state index contributed by atoms with van der Waals surface area (Å²) in [6.45, 7) is 4.17. The van der Waals surface area contributed by atoms with Crippen LogP contribution in [0.3, 0.4) is 0 Å². The van der Waals surface area contributed by atoms with Crippen LogP contribution in [0.1, 0.15) is 13.3 Å². The highest BCUT2D eigenvalue weighted by molar-refractivity contribution is 5.59. The van der Waals surface area contributed by atoms with Gasteiger partial charge >= 0.3 is 0 Å². The number of H-pyrrole nitrogens is 1. The van der Waals surface area contributed by atoms with Gasteiger partial charge in [-0.2, -0.15) is 0 Å². The normalized spacial score (nSPS) is 10.8. The maximum absolute atomic E-state index is 11.6. The van der Waals surface area contributed by atoms with Crippen molar-refractivity contribution in [1.29, 1.82) is 0 Å². The topological polar surface area (TPSA) is 84.7 Å². The zero-order valence-corrected chi connectivity index (χ0v) is 11.4. The molecular formula is C12H21N6O+. The van der Waals surface area contributed by atoms with Crippen LogP contribution in [0.25, 0.3) is 0 Å². The largest absolute Gasteiger partial charge is 0.391 e. The van der Waals surface area contributed by atoms with Gasteiger partial charge in [-0.05, 0) is 6.92 Å². The van der Waals surface area contributed by atoms with E-state index in [0.29, 0.717) is 12.4 Å². The number of rotatable bonds is 6. The van der Waals surface area contributed by atoms with Crippen molar-refractivity contribution < 1.29 is 4.57 Å². The van der Waals surface area contributed by atoms with Gasteiger partial charge in [0.2, 0.25) is 6.33 Å². The Kier molecular flexibility index (Phi) is 3.94. The minimum atomic E-state index is -0.164.